The van der Waals surface area contributed by atoms with Crippen molar-refractivity contribution in [3.63, 3.8) is 0 Å². The summed E-state index contributed by atoms with van der Waals surface area (Å²) in [4.78, 5) is 0. The van der Waals surface area contributed by atoms with Crippen molar-refractivity contribution >= 4 is 26.5 Å². The first-order valence-corrected chi connectivity index (χ1v) is 23.1. The average Bonchev–Trinajstić information content (AvgIpc) is 3.34. The largest absolute Gasteiger partial charge is 1.00 e. The predicted octanol–water partition coefficient (Wildman–Crippen LogP) is -0.323. The molecule has 3 aromatic carbocycles. The van der Waals surface area contributed by atoms with E-state index in [9.17, 15) is 0 Å². The van der Waals surface area contributed by atoms with Gasteiger partial charge in [-0.2, -0.15) is 0 Å². The zero-order valence-corrected chi connectivity index (χ0v) is 22.3. The molecule has 0 fully saturated rings. The summed E-state index contributed by atoms with van der Waals surface area (Å²) in [5.41, 5.74) is 6.12. The second-order valence-corrected chi connectivity index (χ2v) is 33.3. The number of halogens is 2. The first-order chi connectivity index (χ1) is 13.3. The summed E-state index contributed by atoms with van der Waals surface area (Å²) in [6.45, 7) is 0. The van der Waals surface area contributed by atoms with Crippen molar-refractivity contribution in [3.8, 4) is 0 Å². The molecule has 2 aliphatic rings. The Kier molecular flexibility index (Phi) is 7.85. The molecule has 0 radical (unpaired) electrons. The average molecular weight is 557 g/mol. The molecule has 0 aromatic heterocycles. The molecule has 5 rings (SSSR count). The standard InChI is InChI=1S/2C9H7.C7H8Ge.2ClH.Zr/c2*1-2-5-9-7-3-6-8(9)4-1;1-8-7-5-3-2-4-6-7;;;/h2*1-7H;2-6H,1H3;2*1H;/q;;;;;+2/p-2. The molecule has 0 saturated carbocycles. The molecule has 0 nitrogen and oxygen atoms in total. The first kappa shape index (κ1) is 22.8. The fourth-order valence-electron chi connectivity index (χ4n) is 4.56. The quantitative estimate of drug-likeness (QED) is 0.388. The van der Waals surface area contributed by atoms with Gasteiger partial charge in [-0.15, -0.1) is 0 Å². The Morgan fingerprint density at radius 1 is 0.621 bits per heavy atom. The topological polar surface area (TPSA) is 0 Å². The third-order valence-corrected chi connectivity index (χ3v) is 38.5. The van der Waals surface area contributed by atoms with Crippen molar-refractivity contribution in [1.29, 1.82) is 0 Å². The zero-order chi connectivity index (χ0) is 18.2. The molecule has 2 aliphatic carbocycles. The van der Waals surface area contributed by atoms with Crippen LogP contribution in [-0.2, 0) is 18.6 Å². The van der Waals surface area contributed by atoms with Gasteiger partial charge < -0.3 is 24.8 Å². The van der Waals surface area contributed by atoms with Crippen molar-refractivity contribution in [2.24, 2.45) is 0 Å². The number of hydrogen-bond acceptors (Lipinski definition) is 0. The van der Waals surface area contributed by atoms with E-state index in [0.717, 1.165) is 0 Å². The van der Waals surface area contributed by atoms with Gasteiger partial charge in [-0.25, -0.2) is 0 Å². The summed E-state index contributed by atoms with van der Waals surface area (Å²) in [5, 5.41) is 0. The Morgan fingerprint density at radius 3 is 1.59 bits per heavy atom. The van der Waals surface area contributed by atoms with Crippen molar-refractivity contribution in [2.45, 2.75) is 13.0 Å². The first-order valence-electron chi connectivity index (χ1n) is 9.63. The van der Waals surface area contributed by atoms with E-state index in [0.29, 0.717) is 7.25 Å². The van der Waals surface area contributed by atoms with E-state index >= 15 is 0 Å². The minimum Gasteiger partial charge on any atom is -1.00 e. The molecule has 0 N–H and O–H groups in total. The van der Waals surface area contributed by atoms with E-state index in [1.165, 1.54) is 11.1 Å². The molecule has 0 heterocycles. The molecule has 144 valence electrons. The maximum Gasteiger partial charge on any atom is -1.00 e. The van der Waals surface area contributed by atoms with Crippen LogP contribution in [0.3, 0.4) is 0 Å². The molecule has 0 spiro atoms. The van der Waals surface area contributed by atoms with E-state index < -0.39 is 28.6 Å². The SMILES string of the molecule is [CH3][Ge]([c]1ccccc1)=[Zr+2]([CH]1C=Cc2ccccc21)[CH]1C=Cc2ccccc21.[Cl-].[Cl-]. The van der Waals surface area contributed by atoms with Gasteiger partial charge >= 0.3 is 171 Å². The third kappa shape index (κ3) is 4.30. The van der Waals surface area contributed by atoms with E-state index in [2.05, 4.69) is 109 Å². The van der Waals surface area contributed by atoms with E-state index in [1.807, 2.05) is 0 Å². The maximum atomic E-state index is 2.66. The molecule has 29 heavy (non-hydrogen) atoms. The molecule has 0 aliphatic heterocycles. The van der Waals surface area contributed by atoms with Crippen LogP contribution in [-0.4, -0.2) is 9.98 Å². The summed E-state index contributed by atoms with van der Waals surface area (Å²) in [6.07, 6.45) is 9.91. The molecule has 3 aromatic rings. The van der Waals surface area contributed by atoms with Gasteiger partial charge in [-0.3, -0.25) is 0 Å². The molecule has 0 bridgehead atoms. The van der Waals surface area contributed by atoms with E-state index in [4.69, 9.17) is 0 Å². The van der Waals surface area contributed by atoms with Crippen LogP contribution in [0.15, 0.2) is 91.0 Å². The van der Waals surface area contributed by atoms with Crippen molar-refractivity contribution in [2.75, 3.05) is 0 Å². The molecular weight excluding hydrogens is 535 g/mol. The monoisotopic (exact) mass is 556 g/mol. The second kappa shape index (κ2) is 9.97. The maximum absolute atomic E-state index is 2.66. The zero-order valence-electron chi connectivity index (χ0n) is 16.2. The number of benzene rings is 3. The van der Waals surface area contributed by atoms with Gasteiger partial charge in [-0.1, -0.05) is 0 Å². The molecule has 0 saturated heterocycles. The molecule has 2 atom stereocenters. The third-order valence-electron chi connectivity index (χ3n) is 5.91. The van der Waals surface area contributed by atoms with Crippen LogP contribution in [0.4, 0.5) is 0 Å². The minimum absolute atomic E-state index is 0. The summed E-state index contributed by atoms with van der Waals surface area (Å²) < 4.78 is 3.11. The number of hydrogen-bond donors (Lipinski definition) is 0. The Bertz CT molecular complexity index is 1040. The van der Waals surface area contributed by atoms with Gasteiger partial charge in [-0.05, 0) is 0 Å². The van der Waals surface area contributed by atoms with E-state index in [1.54, 1.807) is 15.5 Å². The Balaban J connectivity index is 0.00000120. The minimum atomic E-state index is -1.89. The van der Waals surface area contributed by atoms with Gasteiger partial charge in [0.1, 0.15) is 0 Å². The molecule has 2 unspecified atom stereocenters. The van der Waals surface area contributed by atoms with Crippen molar-refractivity contribution < 1.29 is 43.4 Å². The normalized spacial score (nSPS) is 17.4. The fraction of sp³-hybridized carbons (Fsp3) is 0.120. The number of allylic oxidation sites excluding steroid dienone is 2. The smallest absolute Gasteiger partial charge is 1.00 e. The Hall–Kier alpha value is -0.854. The summed E-state index contributed by atoms with van der Waals surface area (Å²) in [5.74, 6) is 2.66. The Morgan fingerprint density at radius 2 is 1.07 bits per heavy atom. The van der Waals surface area contributed by atoms with Gasteiger partial charge in [0.25, 0.3) is 0 Å². The van der Waals surface area contributed by atoms with Crippen molar-refractivity contribution in [3.05, 3.63) is 113 Å². The summed E-state index contributed by atoms with van der Waals surface area (Å²) >= 11 is -1.89. The summed E-state index contributed by atoms with van der Waals surface area (Å²) in [7, 11) is -1.34. The molecule has 0 amide bonds. The molecule has 4 heteroatoms. The van der Waals surface area contributed by atoms with Crippen LogP contribution < -0.4 is 29.2 Å². The Labute approximate surface area is 194 Å². The number of rotatable bonds is 3. The van der Waals surface area contributed by atoms with Crippen LogP contribution in [0.2, 0.25) is 5.76 Å². The van der Waals surface area contributed by atoms with Crippen LogP contribution in [0.1, 0.15) is 29.5 Å². The molecular formula is C25H22Cl2GeZr. The number of fused-ring (bicyclic) bond motifs is 2. The second-order valence-electron chi connectivity index (χ2n) is 7.38. The van der Waals surface area contributed by atoms with Crippen LogP contribution >= 0.6 is 0 Å². The van der Waals surface area contributed by atoms with Crippen molar-refractivity contribution in [1.82, 2.24) is 0 Å². The fourth-order valence-corrected chi connectivity index (χ4v) is 38.6. The van der Waals surface area contributed by atoms with Crippen LogP contribution in [0.5, 0.6) is 0 Å². The summed E-state index contributed by atoms with van der Waals surface area (Å²) in [6, 6.07) is 29.6. The van der Waals surface area contributed by atoms with Gasteiger partial charge in [0.05, 0.1) is 0 Å². The van der Waals surface area contributed by atoms with Gasteiger partial charge in [0.15, 0.2) is 0 Å². The van der Waals surface area contributed by atoms with Gasteiger partial charge in [0.2, 0.25) is 0 Å². The predicted molar refractivity (Wildman–Crippen MR) is 114 cm³/mol. The van der Waals surface area contributed by atoms with Gasteiger partial charge in [0, 0.05) is 0 Å². The van der Waals surface area contributed by atoms with Crippen LogP contribution in [0.25, 0.3) is 12.2 Å². The van der Waals surface area contributed by atoms with E-state index in [-0.39, 0.29) is 24.8 Å². The van der Waals surface area contributed by atoms with Crippen LogP contribution in [0, 0.1) is 0 Å².